The molecule has 98 valence electrons. The molecule has 0 aliphatic heterocycles. The second-order valence-electron chi connectivity index (χ2n) is 3.84. The van der Waals surface area contributed by atoms with Crippen LogP contribution in [0.5, 0.6) is 0 Å². The van der Waals surface area contributed by atoms with Crippen molar-refractivity contribution in [1.82, 2.24) is 4.98 Å². The van der Waals surface area contributed by atoms with Gasteiger partial charge in [-0.2, -0.15) is 0 Å². The average Bonchev–Trinajstić information content (AvgIpc) is 3.09. The standard InChI is InChI=1S/C14H12N2S2.BrH/c1-2-5-11(6-3-1)13-10-18-14(16-13)15-9-12-7-4-8-17-12;/h1-8,10H,9H2,(H,15,16);1H. The zero-order chi connectivity index (χ0) is 12.2. The third-order valence-corrected chi connectivity index (χ3v) is 4.24. The normalized spacial score (nSPS) is 9.89. The van der Waals surface area contributed by atoms with Gasteiger partial charge in [0.05, 0.1) is 12.2 Å². The molecule has 3 rings (SSSR count). The molecule has 0 aliphatic rings. The van der Waals surface area contributed by atoms with Crippen molar-refractivity contribution >= 4 is 44.8 Å². The second-order valence-corrected chi connectivity index (χ2v) is 5.73. The molecule has 0 saturated heterocycles. The Bertz CT molecular complexity index is 605. The number of nitrogens with zero attached hydrogens (tertiary/aromatic N) is 1. The highest BCUT2D eigenvalue weighted by molar-refractivity contribution is 8.93. The molecule has 1 N–H and O–H groups in total. The summed E-state index contributed by atoms with van der Waals surface area (Å²) in [6, 6.07) is 14.4. The van der Waals surface area contributed by atoms with Crippen molar-refractivity contribution in [3.63, 3.8) is 0 Å². The number of aromatic nitrogens is 1. The smallest absolute Gasteiger partial charge is 0.183 e. The molecule has 2 heterocycles. The maximum absolute atomic E-state index is 4.59. The Labute approximate surface area is 130 Å². The number of thiophene rings is 1. The van der Waals surface area contributed by atoms with Crippen molar-refractivity contribution in [2.24, 2.45) is 0 Å². The Hall–Kier alpha value is -1.17. The van der Waals surface area contributed by atoms with Gasteiger partial charge in [0.15, 0.2) is 5.13 Å². The molecule has 1 aromatic carbocycles. The van der Waals surface area contributed by atoms with E-state index in [0.717, 1.165) is 22.9 Å². The van der Waals surface area contributed by atoms with Gasteiger partial charge in [-0.15, -0.1) is 39.7 Å². The second kappa shape index (κ2) is 6.84. The van der Waals surface area contributed by atoms with Crippen LogP contribution in [0, 0.1) is 0 Å². The summed E-state index contributed by atoms with van der Waals surface area (Å²) < 4.78 is 0. The maximum atomic E-state index is 4.59. The van der Waals surface area contributed by atoms with Crippen LogP contribution in [0.25, 0.3) is 11.3 Å². The first kappa shape index (κ1) is 14.2. The number of anilines is 1. The number of thiazole rings is 1. The third-order valence-electron chi connectivity index (χ3n) is 2.57. The van der Waals surface area contributed by atoms with Crippen LogP contribution in [0.4, 0.5) is 5.13 Å². The van der Waals surface area contributed by atoms with Gasteiger partial charge in [-0.05, 0) is 11.4 Å². The van der Waals surface area contributed by atoms with E-state index in [1.165, 1.54) is 4.88 Å². The summed E-state index contributed by atoms with van der Waals surface area (Å²) in [5, 5.41) is 8.51. The van der Waals surface area contributed by atoms with Gasteiger partial charge >= 0.3 is 0 Å². The molecule has 2 aromatic heterocycles. The van der Waals surface area contributed by atoms with E-state index in [9.17, 15) is 0 Å². The topological polar surface area (TPSA) is 24.9 Å². The largest absolute Gasteiger partial charge is 0.357 e. The molecule has 19 heavy (non-hydrogen) atoms. The number of benzene rings is 1. The third kappa shape index (κ3) is 3.65. The van der Waals surface area contributed by atoms with Crippen molar-refractivity contribution in [1.29, 1.82) is 0 Å². The van der Waals surface area contributed by atoms with Gasteiger partial charge in [-0.3, -0.25) is 0 Å². The lowest BCUT2D eigenvalue weighted by molar-refractivity contribution is 1.17. The lowest BCUT2D eigenvalue weighted by atomic mass is 10.2. The van der Waals surface area contributed by atoms with Gasteiger partial charge in [0.25, 0.3) is 0 Å². The van der Waals surface area contributed by atoms with E-state index in [2.05, 4.69) is 45.3 Å². The van der Waals surface area contributed by atoms with E-state index in [0.29, 0.717) is 0 Å². The first-order chi connectivity index (χ1) is 8.92. The number of rotatable bonds is 4. The van der Waals surface area contributed by atoms with E-state index in [-0.39, 0.29) is 17.0 Å². The Morgan fingerprint density at radius 2 is 1.84 bits per heavy atom. The van der Waals surface area contributed by atoms with Crippen molar-refractivity contribution in [3.8, 4) is 11.3 Å². The zero-order valence-corrected chi connectivity index (χ0v) is 13.4. The van der Waals surface area contributed by atoms with Gasteiger partial charge in [0, 0.05) is 15.8 Å². The van der Waals surface area contributed by atoms with Crippen LogP contribution in [0.3, 0.4) is 0 Å². The number of nitrogens with one attached hydrogen (secondary N) is 1. The van der Waals surface area contributed by atoms with Crippen LogP contribution >= 0.6 is 39.7 Å². The maximum Gasteiger partial charge on any atom is 0.183 e. The van der Waals surface area contributed by atoms with Gasteiger partial charge in [-0.1, -0.05) is 36.4 Å². The average molecular weight is 353 g/mol. The van der Waals surface area contributed by atoms with Crippen molar-refractivity contribution in [2.75, 3.05) is 5.32 Å². The molecule has 5 heteroatoms. The molecule has 0 saturated carbocycles. The minimum absolute atomic E-state index is 0. The molecule has 0 atom stereocenters. The minimum atomic E-state index is 0. The first-order valence-electron chi connectivity index (χ1n) is 5.69. The highest BCUT2D eigenvalue weighted by Gasteiger charge is 2.03. The van der Waals surface area contributed by atoms with E-state index < -0.39 is 0 Å². The molecular formula is C14H13BrN2S2. The minimum Gasteiger partial charge on any atom is -0.357 e. The highest BCUT2D eigenvalue weighted by atomic mass is 79.9. The molecule has 0 bridgehead atoms. The molecule has 3 aromatic rings. The summed E-state index contributed by atoms with van der Waals surface area (Å²) in [7, 11) is 0. The molecule has 0 unspecified atom stereocenters. The molecular weight excluding hydrogens is 340 g/mol. The highest BCUT2D eigenvalue weighted by Crippen LogP contribution is 2.25. The Balaban J connectivity index is 0.00000133. The van der Waals surface area contributed by atoms with Crippen LogP contribution in [-0.2, 0) is 6.54 Å². The zero-order valence-electron chi connectivity index (χ0n) is 10.1. The first-order valence-corrected chi connectivity index (χ1v) is 7.45. The fourth-order valence-corrected chi connectivity index (χ4v) is 3.04. The predicted octanol–water partition coefficient (Wildman–Crippen LogP) is 5.06. The van der Waals surface area contributed by atoms with E-state index in [4.69, 9.17) is 0 Å². The number of halogens is 1. The van der Waals surface area contributed by atoms with Crippen LogP contribution < -0.4 is 5.32 Å². The summed E-state index contributed by atoms with van der Waals surface area (Å²) in [6.45, 7) is 0.847. The molecule has 2 nitrogen and oxygen atoms in total. The lowest BCUT2D eigenvalue weighted by Crippen LogP contribution is -1.96. The van der Waals surface area contributed by atoms with Crippen molar-refractivity contribution < 1.29 is 0 Å². The Kier molecular flexibility index (Phi) is 5.13. The van der Waals surface area contributed by atoms with Crippen LogP contribution in [0.1, 0.15) is 4.88 Å². The molecule has 0 amide bonds. The Morgan fingerprint density at radius 1 is 1.00 bits per heavy atom. The SMILES string of the molecule is Br.c1ccc(-c2csc(NCc3cccs3)n2)cc1. The summed E-state index contributed by atoms with van der Waals surface area (Å²) in [6.07, 6.45) is 0. The van der Waals surface area contributed by atoms with Crippen LogP contribution in [0.2, 0.25) is 0 Å². The van der Waals surface area contributed by atoms with Crippen molar-refractivity contribution in [2.45, 2.75) is 6.54 Å². The van der Waals surface area contributed by atoms with E-state index in [1.807, 2.05) is 18.2 Å². The predicted molar refractivity (Wildman–Crippen MR) is 89.5 cm³/mol. The summed E-state index contributed by atoms with van der Waals surface area (Å²) in [5.74, 6) is 0. The number of hydrogen-bond acceptors (Lipinski definition) is 4. The summed E-state index contributed by atoms with van der Waals surface area (Å²) >= 11 is 3.41. The fourth-order valence-electron chi connectivity index (χ4n) is 1.67. The summed E-state index contributed by atoms with van der Waals surface area (Å²) in [4.78, 5) is 5.92. The van der Waals surface area contributed by atoms with Gasteiger partial charge in [-0.25, -0.2) is 4.98 Å². The van der Waals surface area contributed by atoms with Gasteiger partial charge < -0.3 is 5.32 Å². The molecule has 0 radical (unpaired) electrons. The quantitative estimate of drug-likeness (QED) is 0.709. The van der Waals surface area contributed by atoms with Crippen molar-refractivity contribution in [3.05, 3.63) is 58.1 Å². The van der Waals surface area contributed by atoms with Crippen LogP contribution in [0.15, 0.2) is 53.2 Å². The molecule has 0 aliphatic carbocycles. The van der Waals surface area contributed by atoms with Gasteiger partial charge in [0.1, 0.15) is 0 Å². The lowest BCUT2D eigenvalue weighted by Gasteiger charge is -1.99. The molecule has 0 spiro atoms. The van der Waals surface area contributed by atoms with Gasteiger partial charge in [0.2, 0.25) is 0 Å². The number of hydrogen-bond donors (Lipinski definition) is 1. The summed E-state index contributed by atoms with van der Waals surface area (Å²) in [5.41, 5.74) is 2.20. The fraction of sp³-hybridized carbons (Fsp3) is 0.0714. The molecule has 0 fully saturated rings. The van der Waals surface area contributed by atoms with E-state index in [1.54, 1.807) is 22.7 Å². The Morgan fingerprint density at radius 3 is 2.58 bits per heavy atom. The monoisotopic (exact) mass is 352 g/mol. The van der Waals surface area contributed by atoms with E-state index >= 15 is 0 Å². The van der Waals surface area contributed by atoms with Crippen LogP contribution in [-0.4, -0.2) is 4.98 Å².